The smallest absolute Gasteiger partial charge is 0.166 e. The molecule has 2 heterocycles. The van der Waals surface area contributed by atoms with Gasteiger partial charge in [0, 0.05) is 12.6 Å². The maximum atomic E-state index is 9.39. The number of nitrogens with zero attached hydrogens (tertiary/aromatic N) is 3. The molecule has 1 atom stereocenters. The van der Waals surface area contributed by atoms with Crippen molar-refractivity contribution >= 4 is 5.82 Å². The topological polar surface area (TPSA) is 73.6 Å². The van der Waals surface area contributed by atoms with Gasteiger partial charge in [-0.3, -0.25) is 0 Å². The molecular formula is C15H23N5. The minimum Gasteiger partial charge on any atom is -0.367 e. The van der Waals surface area contributed by atoms with Crippen LogP contribution in [-0.4, -0.2) is 29.3 Å². The van der Waals surface area contributed by atoms with Crippen LogP contribution in [0.15, 0.2) is 0 Å². The quantitative estimate of drug-likeness (QED) is 0.829. The van der Waals surface area contributed by atoms with Crippen LogP contribution < -0.4 is 10.6 Å². The summed E-state index contributed by atoms with van der Waals surface area (Å²) in [6.45, 7) is 6.06. The second kappa shape index (κ2) is 7.20. The fraction of sp³-hybridized carbons (Fsp3) is 0.667. The number of nitrogens with one attached hydrogen (secondary N) is 2. The molecule has 0 aromatic carbocycles. The van der Waals surface area contributed by atoms with Crippen LogP contribution in [0.25, 0.3) is 0 Å². The van der Waals surface area contributed by atoms with Crippen molar-refractivity contribution in [2.24, 2.45) is 0 Å². The highest BCUT2D eigenvalue weighted by Crippen LogP contribution is 2.20. The van der Waals surface area contributed by atoms with E-state index in [1.165, 1.54) is 12.8 Å². The van der Waals surface area contributed by atoms with Crippen LogP contribution in [-0.2, 0) is 12.8 Å². The molecule has 20 heavy (non-hydrogen) atoms. The van der Waals surface area contributed by atoms with Crippen LogP contribution >= 0.6 is 0 Å². The summed E-state index contributed by atoms with van der Waals surface area (Å²) >= 11 is 0. The van der Waals surface area contributed by atoms with E-state index in [0.717, 1.165) is 43.6 Å². The second-order valence-electron chi connectivity index (χ2n) is 5.18. The molecule has 2 rings (SSSR count). The van der Waals surface area contributed by atoms with Crippen LogP contribution in [0.1, 0.15) is 49.9 Å². The molecule has 1 aromatic rings. The molecule has 1 aliphatic rings. The lowest BCUT2D eigenvalue weighted by atomic mass is 10.0. The first-order valence-electron chi connectivity index (χ1n) is 7.55. The minimum atomic E-state index is 0.599. The fourth-order valence-corrected chi connectivity index (χ4v) is 2.78. The van der Waals surface area contributed by atoms with Gasteiger partial charge in [-0.25, -0.2) is 0 Å². The average Bonchev–Trinajstić information content (AvgIpc) is 2.99. The summed E-state index contributed by atoms with van der Waals surface area (Å²) in [6.07, 6.45) is 5.20. The largest absolute Gasteiger partial charge is 0.367 e. The van der Waals surface area contributed by atoms with E-state index in [-0.39, 0.29) is 0 Å². The molecule has 0 amide bonds. The first-order valence-corrected chi connectivity index (χ1v) is 7.55. The zero-order valence-corrected chi connectivity index (χ0v) is 12.4. The minimum absolute atomic E-state index is 0.599. The van der Waals surface area contributed by atoms with Crippen molar-refractivity contribution in [3.05, 3.63) is 16.8 Å². The average molecular weight is 273 g/mol. The molecule has 5 nitrogen and oxygen atoms in total. The van der Waals surface area contributed by atoms with Gasteiger partial charge in [0.1, 0.15) is 11.6 Å². The molecule has 0 bridgehead atoms. The van der Waals surface area contributed by atoms with Crippen LogP contribution in [0.3, 0.4) is 0 Å². The summed E-state index contributed by atoms with van der Waals surface area (Å²) in [7, 11) is 0. The molecular weight excluding hydrogens is 250 g/mol. The number of nitriles is 1. The van der Waals surface area contributed by atoms with Gasteiger partial charge in [0.2, 0.25) is 0 Å². The van der Waals surface area contributed by atoms with Crippen LogP contribution in [0.4, 0.5) is 5.82 Å². The van der Waals surface area contributed by atoms with Gasteiger partial charge in [0.25, 0.3) is 0 Å². The maximum Gasteiger partial charge on any atom is 0.166 e. The van der Waals surface area contributed by atoms with Gasteiger partial charge in [-0.2, -0.15) is 10.4 Å². The predicted octanol–water partition coefficient (Wildman–Crippen LogP) is 2.03. The van der Waals surface area contributed by atoms with Crippen LogP contribution in [0.2, 0.25) is 0 Å². The molecule has 5 heteroatoms. The van der Waals surface area contributed by atoms with Gasteiger partial charge < -0.3 is 10.6 Å². The summed E-state index contributed by atoms with van der Waals surface area (Å²) in [6, 6.07) is 2.89. The van der Waals surface area contributed by atoms with Crippen molar-refractivity contribution in [3.63, 3.8) is 0 Å². The molecule has 0 saturated carbocycles. The van der Waals surface area contributed by atoms with E-state index in [4.69, 9.17) is 0 Å². The van der Waals surface area contributed by atoms with E-state index in [1.54, 1.807) is 0 Å². The summed E-state index contributed by atoms with van der Waals surface area (Å²) in [5.74, 6) is 0.638. The number of rotatable bonds is 6. The van der Waals surface area contributed by atoms with Crippen molar-refractivity contribution < 1.29 is 0 Å². The van der Waals surface area contributed by atoms with Crippen LogP contribution in [0, 0.1) is 11.3 Å². The molecule has 108 valence electrons. The van der Waals surface area contributed by atoms with Crippen molar-refractivity contribution in [3.8, 4) is 6.07 Å². The van der Waals surface area contributed by atoms with Gasteiger partial charge >= 0.3 is 0 Å². The van der Waals surface area contributed by atoms with E-state index >= 15 is 0 Å². The number of aromatic nitrogens is 2. The monoisotopic (exact) mass is 273 g/mol. The fourth-order valence-electron chi connectivity index (χ4n) is 2.78. The number of aryl methyl sites for hydroxylation is 1. The molecule has 0 unspecified atom stereocenters. The van der Waals surface area contributed by atoms with Gasteiger partial charge in [0.05, 0.1) is 5.69 Å². The Morgan fingerprint density at radius 3 is 2.80 bits per heavy atom. The molecule has 1 fully saturated rings. The number of anilines is 1. The Balaban J connectivity index is 2.05. The normalized spacial score (nSPS) is 17.9. The molecule has 0 aliphatic carbocycles. The highest BCUT2D eigenvalue weighted by Gasteiger charge is 2.16. The van der Waals surface area contributed by atoms with E-state index in [1.807, 2.05) is 6.92 Å². The number of hydrogen-bond donors (Lipinski definition) is 2. The Labute approximate surface area is 120 Å². The van der Waals surface area contributed by atoms with E-state index < -0.39 is 0 Å². The first kappa shape index (κ1) is 14.7. The molecule has 2 N–H and O–H groups in total. The lowest BCUT2D eigenvalue weighted by molar-refractivity contribution is 0.574. The van der Waals surface area contributed by atoms with Gasteiger partial charge in [-0.1, -0.05) is 13.8 Å². The Hall–Kier alpha value is -1.67. The van der Waals surface area contributed by atoms with Crippen molar-refractivity contribution in [2.75, 3.05) is 18.4 Å². The van der Waals surface area contributed by atoms with Crippen molar-refractivity contribution in [1.82, 2.24) is 15.5 Å². The predicted molar refractivity (Wildman–Crippen MR) is 79.6 cm³/mol. The Bertz CT molecular complexity index is 486. The number of hydrogen-bond acceptors (Lipinski definition) is 5. The second-order valence-corrected chi connectivity index (χ2v) is 5.18. The lowest BCUT2D eigenvalue weighted by Gasteiger charge is -2.14. The molecule has 1 aromatic heterocycles. The maximum absolute atomic E-state index is 9.39. The summed E-state index contributed by atoms with van der Waals surface area (Å²) in [5.41, 5.74) is 2.64. The molecule has 0 spiro atoms. The first-order chi connectivity index (χ1) is 9.80. The van der Waals surface area contributed by atoms with E-state index in [0.29, 0.717) is 17.4 Å². The van der Waals surface area contributed by atoms with Gasteiger partial charge in [-0.15, -0.1) is 5.10 Å². The Morgan fingerprint density at radius 1 is 1.35 bits per heavy atom. The summed E-state index contributed by atoms with van der Waals surface area (Å²) < 4.78 is 0. The zero-order valence-electron chi connectivity index (χ0n) is 12.4. The zero-order chi connectivity index (χ0) is 14.4. The SMILES string of the molecule is CCc1nnc(NCC[C@H]2CCCN2)c(C#N)c1CC. The molecule has 1 aliphatic heterocycles. The highest BCUT2D eigenvalue weighted by atomic mass is 15.2. The lowest BCUT2D eigenvalue weighted by Crippen LogP contribution is -2.24. The van der Waals surface area contributed by atoms with E-state index in [9.17, 15) is 5.26 Å². The van der Waals surface area contributed by atoms with Crippen LogP contribution in [0.5, 0.6) is 0 Å². The third kappa shape index (κ3) is 3.26. The van der Waals surface area contributed by atoms with Crippen molar-refractivity contribution in [2.45, 2.75) is 52.0 Å². The Kier molecular flexibility index (Phi) is 5.31. The molecule has 1 saturated heterocycles. The van der Waals surface area contributed by atoms with Crippen molar-refractivity contribution in [1.29, 1.82) is 5.26 Å². The Morgan fingerprint density at radius 2 is 2.20 bits per heavy atom. The molecule has 0 radical (unpaired) electrons. The van der Waals surface area contributed by atoms with Gasteiger partial charge in [-0.05, 0) is 44.2 Å². The summed E-state index contributed by atoms with van der Waals surface area (Å²) in [4.78, 5) is 0. The third-order valence-electron chi connectivity index (χ3n) is 3.91. The highest BCUT2D eigenvalue weighted by molar-refractivity contribution is 5.56. The summed E-state index contributed by atoms with van der Waals surface area (Å²) in [5, 5.41) is 24.6. The third-order valence-corrected chi connectivity index (χ3v) is 3.91. The standard InChI is InChI=1S/C15H23N5/c1-3-12-13(10-16)15(20-19-14(12)4-2)18-9-7-11-6-5-8-17-11/h11,17H,3-9H2,1-2H3,(H,18,20)/t11-/m1/s1. The van der Waals surface area contributed by atoms with Gasteiger partial charge in [0.15, 0.2) is 5.82 Å². The van der Waals surface area contributed by atoms with E-state index in [2.05, 4.69) is 33.8 Å².